The highest BCUT2D eigenvalue weighted by molar-refractivity contribution is 5.91. The molecule has 0 bridgehead atoms. The van der Waals surface area contributed by atoms with Gasteiger partial charge in [0, 0.05) is 6.54 Å². The third kappa shape index (κ3) is 5.05. The summed E-state index contributed by atoms with van der Waals surface area (Å²) in [5.74, 6) is -2.27. The fourth-order valence-corrected chi connectivity index (χ4v) is 2.13. The van der Waals surface area contributed by atoms with E-state index in [2.05, 4.69) is 5.32 Å². The number of amides is 1. The van der Waals surface area contributed by atoms with Gasteiger partial charge in [-0.05, 0) is 36.2 Å². The first kappa shape index (κ1) is 19.4. The molecule has 0 unspecified atom stereocenters. The number of rotatable bonds is 5. The van der Waals surface area contributed by atoms with Gasteiger partial charge in [0.25, 0.3) is 5.91 Å². The first-order valence-corrected chi connectivity index (χ1v) is 7.53. The van der Waals surface area contributed by atoms with Crippen LogP contribution in [0.3, 0.4) is 0 Å². The smallest absolute Gasteiger partial charge is 0.416 e. The molecule has 0 aliphatic carbocycles. The van der Waals surface area contributed by atoms with Gasteiger partial charge < -0.3 is 10.1 Å². The number of esters is 1. The summed E-state index contributed by atoms with van der Waals surface area (Å²) in [5, 5.41) is 2.25. The van der Waals surface area contributed by atoms with Gasteiger partial charge in [-0.25, -0.2) is 9.18 Å². The van der Waals surface area contributed by atoms with Crippen LogP contribution in [-0.2, 0) is 22.3 Å². The topological polar surface area (TPSA) is 55.4 Å². The summed E-state index contributed by atoms with van der Waals surface area (Å²) >= 11 is 0. The number of carbonyl (C=O) groups excluding carboxylic acids is 2. The molecule has 8 heteroatoms. The number of alkyl halides is 3. The maximum Gasteiger partial charge on any atom is 0.416 e. The van der Waals surface area contributed by atoms with E-state index in [4.69, 9.17) is 4.74 Å². The van der Waals surface area contributed by atoms with E-state index in [0.29, 0.717) is 5.56 Å². The second-order valence-electron chi connectivity index (χ2n) is 5.47. The van der Waals surface area contributed by atoms with Crippen molar-refractivity contribution >= 4 is 11.9 Å². The predicted octanol–water partition coefficient (Wildman–Crippen LogP) is 3.63. The van der Waals surface area contributed by atoms with Crippen LogP contribution in [0.5, 0.6) is 0 Å². The lowest BCUT2D eigenvalue weighted by atomic mass is 10.1. The van der Waals surface area contributed by atoms with Crippen LogP contribution >= 0.6 is 0 Å². The second-order valence-corrected chi connectivity index (χ2v) is 5.47. The van der Waals surface area contributed by atoms with Gasteiger partial charge in [-0.2, -0.15) is 13.2 Å². The number of ether oxygens (including phenoxy) is 1. The van der Waals surface area contributed by atoms with Crippen molar-refractivity contribution in [3.8, 4) is 0 Å². The standard InChI is InChI=1S/C18H15F4NO3/c1-11-6-7-12(8-15(11)19)17(25)26-10-16(24)23-9-13-4-2-3-5-14(13)18(20,21)22/h2-8H,9-10H2,1H3,(H,23,24). The molecule has 0 spiro atoms. The molecule has 2 aromatic rings. The molecule has 0 fully saturated rings. The lowest BCUT2D eigenvalue weighted by Gasteiger charge is -2.13. The van der Waals surface area contributed by atoms with Crippen LogP contribution in [0.2, 0.25) is 0 Å². The van der Waals surface area contributed by atoms with Crippen LogP contribution < -0.4 is 5.32 Å². The molecule has 138 valence electrons. The van der Waals surface area contributed by atoms with Gasteiger partial charge in [0.05, 0.1) is 11.1 Å². The van der Waals surface area contributed by atoms with E-state index in [-0.39, 0.29) is 17.7 Å². The summed E-state index contributed by atoms with van der Waals surface area (Å²) in [6, 6.07) is 8.53. The molecule has 26 heavy (non-hydrogen) atoms. The number of aryl methyl sites for hydroxylation is 1. The number of hydrogen-bond donors (Lipinski definition) is 1. The highest BCUT2D eigenvalue weighted by Gasteiger charge is 2.32. The van der Waals surface area contributed by atoms with Crippen LogP contribution in [-0.4, -0.2) is 18.5 Å². The van der Waals surface area contributed by atoms with E-state index in [0.717, 1.165) is 12.1 Å². The third-order valence-corrected chi connectivity index (χ3v) is 3.54. The summed E-state index contributed by atoms with van der Waals surface area (Å²) in [4.78, 5) is 23.4. The molecule has 1 amide bonds. The quantitative estimate of drug-likeness (QED) is 0.647. The summed E-state index contributed by atoms with van der Waals surface area (Å²) in [7, 11) is 0. The van der Waals surface area contributed by atoms with Crippen molar-refractivity contribution in [2.45, 2.75) is 19.6 Å². The molecule has 2 aromatic carbocycles. The van der Waals surface area contributed by atoms with Crippen LogP contribution in [0.4, 0.5) is 17.6 Å². The van der Waals surface area contributed by atoms with E-state index in [1.807, 2.05) is 0 Å². The van der Waals surface area contributed by atoms with Crippen molar-refractivity contribution in [3.63, 3.8) is 0 Å². The van der Waals surface area contributed by atoms with E-state index in [1.165, 1.54) is 37.3 Å². The Kier molecular flexibility index (Phi) is 5.97. The fraction of sp³-hybridized carbons (Fsp3) is 0.222. The van der Waals surface area contributed by atoms with Crippen LogP contribution in [0.1, 0.15) is 27.0 Å². The van der Waals surface area contributed by atoms with Crippen molar-refractivity contribution in [1.82, 2.24) is 5.32 Å². The largest absolute Gasteiger partial charge is 0.452 e. The molecule has 0 aliphatic rings. The Hall–Kier alpha value is -2.90. The minimum atomic E-state index is -4.54. The van der Waals surface area contributed by atoms with Gasteiger partial charge in [-0.15, -0.1) is 0 Å². The fourth-order valence-electron chi connectivity index (χ4n) is 2.13. The summed E-state index contributed by atoms with van der Waals surface area (Å²) < 4.78 is 56.7. The third-order valence-electron chi connectivity index (χ3n) is 3.54. The SMILES string of the molecule is Cc1ccc(C(=O)OCC(=O)NCc2ccccc2C(F)(F)F)cc1F. The van der Waals surface area contributed by atoms with E-state index in [9.17, 15) is 27.2 Å². The molecule has 0 aliphatic heterocycles. The highest BCUT2D eigenvalue weighted by atomic mass is 19.4. The van der Waals surface area contributed by atoms with Crippen molar-refractivity contribution in [2.75, 3.05) is 6.61 Å². The summed E-state index contributed by atoms with van der Waals surface area (Å²) in [5.41, 5.74) is -0.682. The summed E-state index contributed by atoms with van der Waals surface area (Å²) in [6.07, 6.45) is -4.54. The molecule has 0 atom stereocenters. The number of benzene rings is 2. The van der Waals surface area contributed by atoms with E-state index < -0.39 is 36.0 Å². The van der Waals surface area contributed by atoms with E-state index >= 15 is 0 Å². The molecule has 0 saturated heterocycles. The Balaban J connectivity index is 1.90. The van der Waals surface area contributed by atoms with Gasteiger partial charge >= 0.3 is 12.1 Å². The molecule has 0 saturated carbocycles. The monoisotopic (exact) mass is 369 g/mol. The van der Waals surface area contributed by atoms with Gasteiger partial charge in [0.1, 0.15) is 5.82 Å². The average molecular weight is 369 g/mol. The second kappa shape index (κ2) is 7.99. The van der Waals surface area contributed by atoms with Crippen LogP contribution in [0.25, 0.3) is 0 Å². The lowest BCUT2D eigenvalue weighted by molar-refractivity contribution is -0.138. The lowest BCUT2D eigenvalue weighted by Crippen LogP contribution is -2.29. The molecule has 0 heterocycles. The number of carbonyl (C=O) groups is 2. The van der Waals surface area contributed by atoms with Crippen LogP contribution in [0, 0.1) is 12.7 Å². The first-order valence-electron chi connectivity index (χ1n) is 7.53. The number of hydrogen-bond acceptors (Lipinski definition) is 3. The zero-order chi connectivity index (χ0) is 19.3. The molecule has 0 aromatic heterocycles. The van der Waals surface area contributed by atoms with Gasteiger partial charge in [-0.3, -0.25) is 4.79 Å². The van der Waals surface area contributed by atoms with Gasteiger partial charge in [0.2, 0.25) is 0 Å². The Labute approximate surface area is 146 Å². The zero-order valence-corrected chi connectivity index (χ0v) is 13.7. The van der Waals surface area contributed by atoms with Gasteiger partial charge in [0.15, 0.2) is 6.61 Å². The maximum atomic E-state index is 13.4. The summed E-state index contributed by atoms with van der Waals surface area (Å²) in [6.45, 7) is 0.463. The van der Waals surface area contributed by atoms with Crippen molar-refractivity contribution in [1.29, 1.82) is 0 Å². The molecule has 0 radical (unpaired) electrons. The molecular formula is C18H15F4NO3. The van der Waals surface area contributed by atoms with E-state index in [1.54, 1.807) is 0 Å². The maximum absolute atomic E-state index is 13.4. The first-order chi connectivity index (χ1) is 12.2. The van der Waals surface area contributed by atoms with Crippen LogP contribution in [0.15, 0.2) is 42.5 Å². The predicted molar refractivity (Wildman–Crippen MR) is 84.7 cm³/mol. The Morgan fingerprint density at radius 3 is 2.46 bits per heavy atom. The Morgan fingerprint density at radius 2 is 1.81 bits per heavy atom. The molecular weight excluding hydrogens is 354 g/mol. The number of nitrogens with one attached hydrogen (secondary N) is 1. The Bertz CT molecular complexity index is 818. The minimum absolute atomic E-state index is 0.0664. The molecule has 4 nitrogen and oxygen atoms in total. The average Bonchev–Trinajstić information content (AvgIpc) is 2.59. The number of halogens is 4. The van der Waals surface area contributed by atoms with Crippen molar-refractivity contribution in [2.24, 2.45) is 0 Å². The van der Waals surface area contributed by atoms with Crippen molar-refractivity contribution in [3.05, 3.63) is 70.5 Å². The molecule has 1 N–H and O–H groups in total. The van der Waals surface area contributed by atoms with Gasteiger partial charge in [-0.1, -0.05) is 24.3 Å². The normalized spacial score (nSPS) is 11.1. The highest BCUT2D eigenvalue weighted by Crippen LogP contribution is 2.31. The molecule has 2 rings (SSSR count). The Morgan fingerprint density at radius 1 is 1.12 bits per heavy atom. The zero-order valence-electron chi connectivity index (χ0n) is 13.7. The minimum Gasteiger partial charge on any atom is -0.452 e. The van der Waals surface area contributed by atoms with Crippen molar-refractivity contribution < 1.29 is 31.9 Å².